The SMILES string of the molecule is Cc1cccc(-c2nnc([C@H](C)OC(=O)c3c(C)cc(C)cc3C)o2)c1. The van der Waals surface area contributed by atoms with Crippen LogP contribution in [-0.4, -0.2) is 16.2 Å². The molecule has 0 bridgehead atoms. The number of benzene rings is 2. The Balaban J connectivity index is 1.79. The first-order valence-corrected chi connectivity index (χ1v) is 8.54. The third-order valence-corrected chi connectivity index (χ3v) is 4.22. The number of ether oxygens (including phenoxy) is 1. The van der Waals surface area contributed by atoms with Gasteiger partial charge in [-0.3, -0.25) is 0 Å². The van der Waals surface area contributed by atoms with Gasteiger partial charge in [-0.15, -0.1) is 10.2 Å². The molecule has 134 valence electrons. The lowest BCUT2D eigenvalue weighted by Crippen LogP contribution is -2.12. The molecule has 5 heteroatoms. The van der Waals surface area contributed by atoms with Crippen molar-refractivity contribution >= 4 is 5.97 Å². The van der Waals surface area contributed by atoms with Crippen LogP contribution in [0.3, 0.4) is 0 Å². The Morgan fingerprint density at radius 3 is 2.35 bits per heavy atom. The first-order valence-electron chi connectivity index (χ1n) is 8.54. The van der Waals surface area contributed by atoms with Gasteiger partial charge >= 0.3 is 5.97 Å². The summed E-state index contributed by atoms with van der Waals surface area (Å²) in [6.07, 6.45) is -0.631. The van der Waals surface area contributed by atoms with Crippen LogP contribution in [0.4, 0.5) is 0 Å². The minimum atomic E-state index is -0.631. The topological polar surface area (TPSA) is 65.2 Å². The molecular weight excluding hydrogens is 328 g/mol. The van der Waals surface area contributed by atoms with Gasteiger partial charge in [-0.05, 0) is 57.9 Å². The van der Waals surface area contributed by atoms with Crippen molar-refractivity contribution in [1.29, 1.82) is 0 Å². The van der Waals surface area contributed by atoms with Crippen molar-refractivity contribution in [2.24, 2.45) is 0 Å². The predicted molar refractivity (Wildman–Crippen MR) is 99.0 cm³/mol. The van der Waals surface area contributed by atoms with Gasteiger partial charge in [0.25, 0.3) is 5.89 Å². The molecule has 0 spiro atoms. The number of carbonyl (C=O) groups excluding carboxylic acids is 1. The molecule has 3 rings (SSSR count). The standard InChI is InChI=1S/C21H22N2O3/c1-12-7-6-8-17(11-12)20-23-22-19(26-20)16(5)25-21(24)18-14(3)9-13(2)10-15(18)4/h6-11,16H,1-5H3/t16-/m0/s1. The van der Waals surface area contributed by atoms with Crippen LogP contribution in [0.1, 0.15) is 51.5 Å². The lowest BCUT2D eigenvalue weighted by atomic mass is 10.00. The Bertz CT molecular complexity index is 936. The number of hydrogen-bond donors (Lipinski definition) is 0. The summed E-state index contributed by atoms with van der Waals surface area (Å²) >= 11 is 0. The van der Waals surface area contributed by atoms with E-state index < -0.39 is 6.10 Å². The van der Waals surface area contributed by atoms with Crippen molar-refractivity contribution in [3.05, 3.63) is 70.1 Å². The normalized spacial score (nSPS) is 12.0. The number of hydrogen-bond acceptors (Lipinski definition) is 5. The molecule has 0 radical (unpaired) electrons. The highest BCUT2D eigenvalue weighted by atomic mass is 16.6. The van der Waals surface area contributed by atoms with Gasteiger partial charge in [0, 0.05) is 5.56 Å². The van der Waals surface area contributed by atoms with Crippen LogP contribution in [0.5, 0.6) is 0 Å². The third kappa shape index (κ3) is 3.67. The smallest absolute Gasteiger partial charge is 0.339 e. The Morgan fingerprint density at radius 1 is 1.00 bits per heavy atom. The highest BCUT2D eigenvalue weighted by molar-refractivity contribution is 5.92. The van der Waals surface area contributed by atoms with E-state index in [1.165, 1.54) is 0 Å². The average Bonchev–Trinajstić information content (AvgIpc) is 3.04. The average molecular weight is 350 g/mol. The van der Waals surface area contributed by atoms with Crippen LogP contribution in [0, 0.1) is 27.7 Å². The van der Waals surface area contributed by atoms with E-state index in [0.29, 0.717) is 11.5 Å². The van der Waals surface area contributed by atoms with Gasteiger partial charge in [-0.25, -0.2) is 4.79 Å². The minimum absolute atomic E-state index is 0.275. The van der Waals surface area contributed by atoms with E-state index in [4.69, 9.17) is 9.15 Å². The molecule has 1 heterocycles. The van der Waals surface area contributed by atoms with E-state index in [1.54, 1.807) is 6.92 Å². The first kappa shape index (κ1) is 17.9. The Hall–Kier alpha value is -2.95. The van der Waals surface area contributed by atoms with E-state index in [0.717, 1.165) is 27.8 Å². The molecule has 0 aliphatic heterocycles. The van der Waals surface area contributed by atoms with Crippen molar-refractivity contribution < 1.29 is 13.9 Å². The molecule has 5 nitrogen and oxygen atoms in total. The van der Waals surface area contributed by atoms with Crippen LogP contribution < -0.4 is 0 Å². The summed E-state index contributed by atoms with van der Waals surface area (Å²) in [5.74, 6) is 0.300. The van der Waals surface area contributed by atoms with Crippen LogP contribution in [0.15, 0.2) is 40.8 Å². The zero-order chi connectivity index (χ0) is 18.8. The maximum absolute atomic E-state index is 12.6. The Kier molecular flexibility index (Phi) is 4.89. The lowest BCUT2D eigenvalue weighted by molar-refractivity contribution is 0.0278. The van der Waals surface area contributed by atoms with E-state index >= 15 is 0 Å². The second kappa shape index (κ2) is 7.12. The number of esters is 1. The summed E-state index contributed by atoms with van der Waals surface area (Å²) < 4.78 is 11.3. The van der Waals surface area contributed by atoms with E-state index in [-0.39, 0.29) is 11.9 Å². The maximum atomic E-state index is 12.6. The van der Waals surface area contributed by atoms with Crippen LogP contribution >= 0.6 is 0 Å². The molecular formula is C21H22N2O3. The molecule has 2 aromatic carbocycles. The quantitative estimate of drug-likeness (QED) is 0.627. The zero-order valence-corrected chi connectivity index (χ0v) is 15.7. The van der Waals surface area contributed by atoms with Gasteiger partial charge in [-0.1, -0.05) is 35.4 Å². The van der Waals surface area contributed by atoms with Crippen molar-refractivity contribution in [1.82, 2.24) is 10.2 Å². The van der Waals surface area contributed by atoms with Gasteiger partial charge in [0.2, 0.25) is 5.89 Å². The van der Waals surface area contributed by atoms with Gasteiger partial charge in [0.15, 0.2) is 6.10 Å². The molecule has 0 saturated heterocycles. The van der Waals surface area contributed by atoms with Crippen LogP contribution in [0.25, 0.3) is 11.5 Å². The third-order valence-electron chi connectivity index (χ3n) is 4.22. The lowest BCUT2D eigenvalue weighted by Gasteiger charge is -2.13. The van der Waals surface area contributed by atoms with Crippen molar-refractivity contribution in [2.45, 2.75) is 40.7 Å². The number of aryl methyl sites for hydroxylation is 4. The Labute approximate surface area is 153 Å². The molecule has 1 aromatic heterocycles. The van der Waals surface area contributed by atoms with Crippen molar-refractivity contribution in [2.75, 3.05) is 0 Å². The maximum Gasteiger partial charge on any atom is 0.339 e. The molecule has 0 unspecified atom stereocenters. The number of rotatable bonds is 4. The molecule has 0 fully saturated rings. The summed E-state index contributed by atoms with van der Waals surface area (Å²) in [5.41, 5.74) is 5.43. The van der Waals surface area contributed by atoms with Gasteiger partial charge in [0.05, 0.1) is 5.56 Å². The van der Waals surface area contributed by atoms with Crippen LogP contribution in [-0.2, 0) is 4.74 Å². The monoisotopic (exact) mass is 350 g/mol. The fourth-order valence-electron chi connectivity index (χ4n) is 3.07. The first-order chi connectivity index (χ1) is 12.3. The summed E-state index contributed by atoms with van der Waals surface area (Å²) in [5, 5.41) is 8.10. The van der Waals surface area contributed by atoms with Gasteiger partial charge < -0.3 is 9.15 Å². The molecule has 26 heavy (non-hydrogen) atoms. The summed E-state index contributed by atoms with van der Waals surface area (Å²) in [7, 11) is 0. The van der Waals surface area contributed by atoms with E-state index in [2.05, 4.69) is 10.2 Å². The fourth-order valence-corrected chi connectivity index (χ4v) is 3.07. The number of nitrogens with zero attached hydrogens (tertiary/aromatic N) is 2. The van der Waals surface area contributed by atoms with Crippen LogP contribution in [0.2, 0.25) is 0 Å². The largest absolute Gasteiger partial charge is 0.449 e. The van der Waals surface area contributed by atoms with E-state index in [1.807, 2.05) is 64.1 Å². The number of carbonyl (C=O) groups is 1. The predicted octanol–water partition coefficient (Wildman–Crippen LogP) is 4.89. The second-order valence-electron chi connectivity index (χ2n) is 6.64. The summed E-state index contributed by atoms with van der Waals surface area (Å²) in [6.45, 7) is 9.54. The zero-order valence-electron chi connectivity index (χ0n) is 15.7. The highest BCUT2D eigenvalue weighted by Gasteiger charge is 2.22. The second-order valence-corrected chi connectivity index (χ2v) is 6.64. The minimum Gasteiger partial charge on any atom is -0.449 e. The summed E-state index contributed by atoms with van der Waals surface area (Å²) in [4.78, 5) is 12.6. The molecule has 0 saturated carbocycles. The van der Waals surface area contributed by atoms with Crippen molar-refractivity contribution in [3.63, 3.8) is 0 Å². The summed E-state index contributed by atoms with van der Waals surface area (Å²) in [6, 6.07) is 11.7. The van der Waals surface area contributed by atoms with Gasteiger partial charge in [0.1, 0.15) is 0 Å². The molecule has 1 atom stereocenters. The molecule has 0 amide bonds. The van der Waals surface area contributed by atoms with E-state index in [9.17, 15) is 4.79 Å². The molecule has 3 aromatic rings. The van der Waals surface area contributed by atoms with Crippen molar-refractivity contribution in [3.8, 4) is 11.5 Å². The number of aromatic nitrogens is 2. The highest BCUT2D eigenvalue weighted by Crippen LogP contribution is 2.25. The molecule has 0 aliphatic rings. The van der Waals surface area contributed by atoms with Gasteiger partial charge in [-0.2, -0.15) is 0 Å². The molecule has 0 N–H and O–H groups in total. The fraction of sp³-hybridized carbons (Fsp3) is 0.286. The molecule has 0 aliphatic carbocycles. The Morgan fingerprint density at radius 2 is 1.69 bits per heavy atom.